The van der Waals surface area contributed by atoms with E-state index in [2.05, 4.69) is 10.3 Å². The molecule has 0 spiro atoms. The van der Waals surface area contributed by atoms with Gasteiger partial charge in [-0.3, -0.25) is 4.79 Å². The van der Waals surface area contributed by atoms with Gasteiger partial charge in [0.1, 0.15) is 12.3 Å². The quantitative estimate of drug-likeness (QED) is 0.477. The molecule has 7 nitrogen and oxygen atoms in total. The van der Waals surface area contributed by atoms with Crippen molar-refractivity contribution in [1.82, 2.24) is 14.8 Å². The highest BCUT2D eigenvalue weighted by atomic mass is 16.5. The van der Waals surface area contributed by atoms with Gasteiger partial charge in [0.15, 0.2) is 5.69 Å². The van der Waals surface area contributed by atoms with Crippen LogP contribution in [-0.4, -0.2) is 41.0 Å². The molecule has 1 aliphatic carbocycles. The van der Waals surface area contributed by atoms with Crippen molar-refractivity contribution >= 4 is 11.6 Å². The number of para-hydroxylation sites is 1. The maximum Gasteiger partial charge on any atom is 0.276 e. The van der Waals surface area contributed by atoms with Gasteiger partial charge in [-0.1, -0.05) is 24.6 Å². The monoisotopic (exact) mass is 406 g/mol. The van der Waals surface area contributed by atoms with Crippen molar-refractivity contribution in [2.24, 2.45) is 0 Å². The van der Waals surface area contributed by atoms with Crippen molar-refractivity contribution in [2.75, 3.05) is 25.6 Å². The molecule has 156 valence electrons. The lowest BCUT2D eigenvalue weighted by molar-refractivity contribution is 0.102. The molecule has 1 aliphatic rings. The van der Waals surface area contributed by atoms with Gasteiger partial charge in [-0.2, -0.15) is 5.10 Å². The smallest absolute Gasteiger partial charge is 0.276 e. The van der Waals surface area contributed by atoms with E-state index in [0.29, 0.717) is 30.5 Å². The van der Waals surface area contributed by atoms with Crippen LogP contribution in [0.5, 0.6) is 5.88 Å². The molecule has 0 unspecified atom stereocenters. The zero-order valence-corrected chi connectivity index (χ0v) is 17.1. The molecule has 0 saturated heterocycles. The van der Waals surface area contributed by atoms with E-state index < -0.39 is 0 Å². The number of amides is 1. The minimum atomic E-state index is -0.243. The van der Waals surface area contributed by atoms with Crippen molar-refractivity contribution < 1.29 is 14.3 Å². The number of benzene rings is 1. The van der Waals surface area contributed by atoms with Crippen molar-refractivity contribution in [3.05, 3.63) is 65.6 Å². The van der Waals surface area contributed by atoms with E-state index in [1.165, 1.54) is 0 Å². The summed E-state index contributed by atoms with van der Waals surface area (Å²) in [7, 11) is 1.61. The SMILES string of the molecule is COCCOc1ncccc1NC(=O)c1nn(-c2ccccc2)c2c1CCCCC2. The van der Waals surface area contributed by atoms with Crippen LogP contribution in [0.15, 0.2) is 48.7 Å². The second-order valence-electron chi connectivity index (χ2n) is 7.23. The summed E-state index contributed by atoms with van der Waals surface area (Å²) in [5.41, 5.74) is 4.14. The topological polar surface area (TPSA) is 78.3 Å². The van der Waals surface area contributed by atoms with Gasteiger partial charge >= 0.3 is 0 Å². The molecule has 3 aromatic rings. The zero-order valence-electron chi connectivity index (χ0n) is 17.1. The summed E-state index contributed by atoms with van der Waals surface area (Å²) in [5, 5.41) is 7.67. The highest BCUT2D eigenvalue weighted by Crippen LogP contribution is 2.28. The fourth-order valence-electron chi connectivity index (χ4n) is 3.75. The number of nitrogens with one attached hydrogen (secondary N) is 1. The van der Waals surface area contributed by atoms with Crippen LogP contribution in [-0.2, 0) is 17.6 Å². The first-order valence-corrected chi connectivity index (χ1v) is 10.3. The summed E-state index contributed by atoms with van der Waals surface area (Å²) in [5.74, 6) is 0.129. The molecule has 1 N–H and O–H groups in total. The molecule has 0 atom stereocenters. The third-order valence-corrected chi connectivity index (χ3v) is 5.19. The molecule has 0 aliphatic heterocycles. The van der Waals surface area contributed by atoms with Crippen LogP contribution >= 0.6 is 0 Å². The molecule has 4 rings (SSSR count). The predicted molar refractivity (Wildman–Crippen MR) is 114 cm³/mol. The van der Waals surface area contributed by atoms with E-state index in [-0.39, 0.29) is 5.91 Å². The molecule has 30 heavy (non-hydrogen) atoms. The average Bonchev–Trinajstić information content (AvgIpc) is 2.97. The Kier molecular flexibility index (Phi) is 6.39. The number of fused-ring (bicyclic) bond motifs is 1. The molecular formula is C23H26N4O3. The number of anilines is 1. The number of nitrogens with zero attached hydrogens (tertiary/aromatic N) is 3. The summed E-state index contributed by atoms with van der Waals surface area (Å²) in [6, 6.07) is 13.5. The third-order valence-electron chi connectivity index (χ3n) is 5.19. The maximum atomic E-state index is 13.2. The summed E-state index contributed by atoms with van der Waals surface area (Å²) in [6.07, 6.45) is 6.73. The normalized spacial score (nSPS) is 13.4. The highest BCUT2D eigenvalue weighted by Gasteiger charge is 2.25. The summed E-state index contributed by atoms with van der Waals surface area (Å²) in [4.78, 5) is 17.5. The van der Waals surface area contributed by atoms with Crippen molar-refractivity contribution in [3.63, 3.8) is 0 Å². The lowest BCUT2D eigenvalue weighted by atomic mass is 10.1. The van der Waals surface area contributed by atoms with Crippen LogP contribution in [0, 0.1) is 0 Å². The van der Waals surface area contributed by atoms with Gasteiger partial charge in [-0.25, -0.2) is 9.67 Å². The Hall–Kier alpha value is -3.19. The Balaban J connectivity index is 1.64. The number of ether oxygens (including phenoxy) is 2. The lowest BCUT2D eigenvalue weighted by Crippen LogP contribution is -2.16. The number of pyridine rings is 1. The third kappa shape index (κ3) is 4.36. The molecule has 7 heteroatoms. The minimum Gasteiger partial charge on any atom is -0.474 e. The van der Waals surface area contributed by atoms with Crippen LogP contribution in [0.4, 0.5) is 5.69 Å². The molecule has 2 aromatic heterocycles. The van der Waals surface area contributed by atoms with E-state index >= 15 is 0 Å². The van der Waals surface area contributed by atoms with E-state index in [1.807, 2.05) is 35.0 Å². The molecule has 0 saturated carbocycles. The number of aromatic nitrogens is 3. The number of rotatable bonds is 7. The highest BCUT2D eigenvalue weighted by molar-refractivity contribution is 6.04. The van der Waals surface area contributed by atoms with Crippen LogP contribution < -0.4 is 10.1 Å². The molecule has 0 fully saturated rings. The summed E-state index contributed by atoms with van der Waals surface area (Å²) in [6.45, 7) is 0.799. The first-order valence-electron chi connectivity index (χ1n) is 10.3. The maximum absolute atomic E-state index is 13.2. The summed E-state index contributed by atoms with van der Waals surface area (Å²) < 4.78 is 12.6. The predicted octanol–water partition coefficient (Wildman–Crippen LogP) is 3.81. The van der Waals surface area contributed by atoms with Crippen molar-refractivity contribution in [2.45, 2.75) is 32.1 Å². The molecule has 1 aromatic carbocycles. The first kappa shape index (κ1) is 20.1. The number of hydrogen-bond acceptors (Lipinski definition) is 5. The lowest BCUT2D eigenvalue weighted by Gasteiger charge is -2.10. The van der Waals surface area contributed by atoms with E-state index in [9.17, 15) is 4.79 Å². The van der Waals surface area contributed by atoms with Crippen LogP contribution in [0.25, 0.3) is 5.69 Å². The molecule has 0 bridgehead atoms. The fourth-order valence-corrected chi connectivity index (χ4v) is 3.75. The van der Waals surface area contributed by atoms with Gasteiger partial charge in [0.05, 0.1) is 12.3 Å². The number of methoxy groups -OCH3 is 1. The van der Waals surface area contributed by atoms with Gasteiger partial charge in [0.2, 0.25) is 5.88 Å². The first-order chi connectivity index (χ1) is 14.8. The molecule has 2 heterocycles. The zero-order chi connectivity index (χ0) is 20.8. The standard InChI is InChI=1S/C23H26N4O3/c1-29-15-16-30-23-19(12-8-14-24-23)25-22(28)21-18-11-6-3-7-13-20(18)27(26-21)17-9-4-2-5-10-17/h2,4-5,8-10,12,14H,3,6-7,11,13,15-16H2,1H3,(H,25,28). The average molecular weight is 406 g/mol. The van der Waals surface area contributed by atoms with Gasteiger partial charge in [-0.05, 0) is 49.9 Å². The van der Waals surface area contributed by atoms with Gasteiger partial charge in [0.25, 0.3) is 5.91 Å². The summed E-state index contributed by atoms with van der Waals surface area (Å²) >= 11 is 0. The van der Waals surface area contributed by atoms with Crippen LogP contribution in [0.2, 0.25) is 0 Å². The van der Waals surface area contributed by atoms with Gasteiger partial charge in [-0.15, -0.1) is 0 Å². The van der Waals surface area contributed by atoms with E-state index in [0.717, 1.165) is 49.0 Å². The van der Waals surface area contributed by atoms with Gasteiger partial charge < -0.3 is 14.8 Å². The Bertz CT molecular complexity index is 1000. The number of hydrogen-bond donors (Lipinski definition) is 1. The van der Waals surface area contributed by atoms with Crippen molar-refractivity contribution in [1.29, 1.82) is 0 Å². The fraction of sp³-hybridized carbons (Fsp3) is 0.348. The second-order valence-corrected chi connectivity index (χ2v) is 7.23. The van der Waals surface area contributed by atoms with Crippen LogP contribution in [0.3, 0.4) is 0 Å². The molecular weight excluding hydrogens is 380 g/mol. The Morgan fingerprint density at radius 1 is 1.07 bits per heavy atom. The van der Waals surface area contributed by atoms with Crippen molar-refractivity contribution in [3.8, 4) is 11.6 Å². The Morgan fingerprint density at radius 2 is 1.90 bits per heavy atom. The Morgan fingerprint density at radius 3 is 2.73 bits per heavy atom. The van der Waals surface area contributed by atoms with E-state index in [1.54, 1.807) is 25.4 Å². The second kappa shape index (κ2) is 9.54. The minimum absolute atomic E-state index is 0.243. The Labute approximate surface area is 176 Å². The van der Waals surface area contributed by atoms with Crippen LogP contribution in [0.1, 0.15) is 41.0 Å². The number of carbonyl (C=O) groups is 1. The largest absolute Gasteiger partial charge is 0.474 e. The molecule has 1 amide bonds. The molecule has 0 radical (unpaired) electrons. The van der Waals surface area contributed by atoms with Gasteiger partial charge in [0, 0.05) is 24.6 Å². The number of carbonyl (C=O) groups excluding carboxylic acids is 1. The van der Waals surface area contributed by atoms with E-state index in [4.69, 9.17) is 14.6 Å².